The molecule has 0 saturated carbocycles. The van der Waals surface area contributed by atoms with Crippen LogP contribution in [0.1, 0.15) is 74.8 Å². The molecule has 68 heavy (non-hydrogen) atoms. The van der Waals surface area contributed by atoms with Crippen molar-refractivity contribution in [2.75, 3.05) is 70.0 Å². The van der Waals surface area contributed by atoms with Gasteiger partial charge < -0.3 is 44.7 Å². The lowest BCUT2D eigenvalue weighted by Gasteiger charge is -2.48. The third kappa shape index (κ3) is 8.37. The van der Waals surface area contributed by atoms with Gasteiger partial charge in [-0.3, -0.25) is 24.2 Å². The molecule has 4 aliphatic heterocycles. The van der Waals surface area contributed by atoms with Gasteiger partial charge in [0, 0.05) is 111 Å². The van der Waals surface area contributed by atoms with Gasteiger partial charge in [0.25, 0.3) is 11.5 Å². The third-order valence-electron chi connectivity index (χ3n) is 14.6. The molecule has 2 saturated heterocycles. The minimum atomic E-state index is -0.399. The second-order valence-electron chi connectivity index (χ2n) is 20.2. The molecule has 1 aliphatic carbocycles. The van der Waals surface area contributed by atoms with Crippen LogP contribution in [0.25, 0.3) is 11.3 Å². The highest BCUT2D eigenvalue weighted by atomic mass is 16.5. The van der Waals surface area contributed by atoms with Gasteiger partial charge in [-0.05, 0) is 106 Å². The predicted octanol–water partition coefficient (Wildman–Crippen LogP) is 6.55. The van der Waals surface area contributed by atoms with E-state index in [4.69, 9.17) is 9.72 Å². The van der Waals surface area contributed by atoms with Crippen molar-refractivity contribution >= 4 is 51.9 Å². The molecule has 0 radical (unpaired) electrons. The Hall–Kier alpha value is -6.65. The Bertz CT molecular complexity index is 2870. The molecular weight excluding hydrogens is 859 g/mol. The fourth-order valence-electron chi connectivity index (χ4n) is 11.3. The van der Waals surface area contributed by atoms with Crippen LogP contribution in [0, 0.1) is 5.41 Å². The Labute approximate surface area is 397 Å². The van der Waals surface area contributed by atoms with Gasteiger partial charge in [-0.25, -0.2) is 9.97 Å². The standard InChI is InChI=1S/C52H63N11O5/c1-8-47(65)56-41-23-35(9-12-43(41)61-18-17-59(27-33(61)4)36-14-16-60(32(3)21-36)37-10-11-40-46(24-37)68-30-31(2)54-40)55-48-51(67)58(7)28-42(57-48)38-13-15-53-49(39(38)29-64)63-20-19-62-44(50(63)66)22-34-25-52(5,6)26-45(34)62/h8-13,15,22-24,28,31-33,36,54,64H,1,14,16-21,25-27,29-30H2,2-7H3,(H,55,57)(H,56,65)/t31-,32-,33+,36?/m1/s1. The number of piperidine rings is 1. The van der Waals surface area contributed by atoms with E-state index in [9.17, 15) is 19.5 Å². The monoisotopic (exact) mass is 922 g/mol. The topological polar surface area (TPSA) is 165 Å². The number of hydrogen-bond donors (Lipinski definition) is 4. The van der Waals surface area contributed by atoms with Gasteiger partial charge in [0.15, 0.2) is 5.82 Å². The summed E-state index contributed by atoms with van der Waals surface area (Å²) in [4.78, 5) is 59.2. The fourth-order valence-corrected chi connectivity index (χ4v) is 11.3. The van der Waals surface area contributed by atoms with Crippen LogP contribution >= 0.6 is 0 Å². The number of fused-ring (bicyclic) bond motifs is 4. The number of aliphatic hydroxyl groups is 1. The molecule has 16 nitrogen and oxygen atoms in total. The predicted molar refractivity (Wildman–Crippen MR) is 268 cm³/mol. The van der Waals surface area contributed by atoms with Crippen LogP contribution in [-0.2, 0) is 37.8 Å². The first-order chi connectivity index (χ1) is 32.7. The molecule has 3 aromatic heterocycles. The number of hydrogen-bond acceptors (Lipinski definition) is 12. The summed E-state index contributed by atoms with van der Waals surface area (Å²) in [7, 11) is 1.65. The Morgan fingerprint density at radius 1 is 1.00 bits per heavy atom. The minimum Gasteiger partial charge on any atom is -0.489 e. The van der Waals surface area contributed by atoms with Gasteiger partial charge in [0.05, 0.1) is 35.4 Å². The van der Waals surface area contributed by atoms with Crippen molar-refractivity contribution in [3.63, 3.8) is 0 Å². The minimum absolute atomic E-state index is 0.0548. The molecule has 4 N–H and O–H groups in total. The quantitative estimate of drug-likeness (QED) is 0.112. The van der Waals surface area contributed by atoms with Gasteiger partial charge in [-0.2, -0.15) is 0 Å². The fraction of sp³-hybridized carbons (Fsp3) is 0.442. The molecule has 5 aliphatic rings. The number of rotatable bonds is 10. The van der Waals surface area contributed by atoms with Crippen LogP contribution in [0.4, 0.5) is 40.1 Å². The number of aromatic nitrogens is 4. The van der Waals surface area contributed by atoms with Crippen molar-refractivity contribution in [2.24, 2.45) is 12.5 Å². The lowest BCUT2D eigenvalue weighted by molar-refractivity contribution is -0.111. The van der Waals surface area contributed by atoms with Crippen LogP contribution < -0.4 is 40.9 Å². The van der Waals surface area contributed by atoms with E-state index in [0.717, 1.165) is 69.0 Å². The SMILES string of the molecule is C=CC(=O)Nc1cc(Nc2nc(-c3ccnc(N4CCn5c(cc6c5CC(C)(C)C6)C4=O)c3CO)cn(C)c2=O)ccc1N1CCN(C2CCN(c3ccc4c(c3)OC[C@@H](C)N4)[C@H](C)C2)C[C@@H]1C. The van der Waals surface area contributed by atoms with Crippen molar-refractivity contribution in [1.29, 1.82) is 0 Å². The molecule has 10 rings (SSSR count). The number of aliphatic hydroxyl groups excluding tert-OH is 1. The number of carbonyl (C=O) groups is 2. The molecule has 0 bridgehead atoms. The average Bonchev–Trinajstić information content (AvgIpc) is 3.82. The third-order valence-corrected chi connectivity index (χ3v) is 14.6. The van der Waals surface area contributed by atoms with Crippen LogP contribution in [0.3, 0.4) is 0 Å². The maximum Gasteiger partial charge on any atom is 0.293 e. The second kappa shape index (κ2) is 17.8. The lowest BCUT2D eigenvalue weighted by Crippen LogP contribution is -2.58. The molecule has 2 amide bonds. The largest absolute Gasteiger partial charge is 0.489 e. The van der Waals surface area contributed by atoms with Gasteiger partial charge in [0.1, 0.15) is 23.9 Å². The van der Waals surface area contributed by atoms with Gasteiger partial charge in [0.2, 0.25) is 5.91 Å². The summed E-state index contributed by atoms with van der Waals surface area (Å²) in [5.74, 6) is 0.840. The van der Waals surface area contributed by atoms with E-state index in [1.165, 1.54) is 27.6 Å². The van der Waals surface area contributed by atoms with E-state index in [0.29, 0.717) is 77.5 Å². The first-order valence-corrected chi connectivity index (χ1v) is 24.0. The zero-order chi connectivity index (χ0) is 47.6. The molecule has 4 atom stereocenters. The highest BCUT2D eigenvalue weighted by molar-refractivity contribution is 6.06. The van der Waals surface area contributed by atoms with E-state index in [1.807, 2.05) is 24.3 Å². The number of anilines is 7. The number of amides is 2. The first-order valence-electron chi connectivity index (χ1n) is 24.0. The van der Waals surface area contributed by atoms with Crippen molar-refractivity contribution in [1.82, 2.24) is 24.0 Å². The number of pyridine rings is 1. The number of nitrogens with one attached hydrogen (secondary N) is 3. The average molecular weight is 922 g/mol. The van der Waals surface area contributed by atoms with Crippen molar-refractivity contribution in [2.45, 2.75) is 97.6 Å². The van der Waals surface area contributed by atoms with E-state index in [2.05, 4.69) is 99.6 Å². The highest BCUT2D eigenvalue weighted by Gasteiger charge is 2.38. The molecular formula is C52H63N11O5. The van der Waals surface area contributed by atoms with E-state index >= 15 is 0 Å². The number of nitrogens with zero attached hydrogens (tertiary/aromatic N) is 8. The summed E-state index contributed by atoms with van der Waals surface area (Å²) in [6.45, 7) is 19.7. The summed E-state index contributed by atoms with van der Waals surface area (Å²) in [5, 5.41) is 20.6. The van der Waals surface area contributed by atoms with Crippen molar-refractivity contribution in [3.05, 3.63) is 106 Å². The summed E-state index contributed by atoms with van der Waals surface area (Å²) >= 11 is 0. The summed E-state index contributed by atoms with van der Waals surface area (Å²) < 4.78 is 9.64. The zero-order valence-corrected chi connectivity index (χ0v) is 40.0. The molecule has 7 heterocycles. The number of piperazine rings is 1. The lowest BCUT2D eigenvalue weighted by atomic mass is 9.90. The second-order valence-corrected chi connectivity index (χ2v) is 20.2. The number of aryl methyl sites for hydroxylation is 1. The summed E-state index contributed by atoms with van der Waals surface area (Å²) in [6.07, 6.45) is 8.46. The van der Waals surface area contributed by atoms with Crippen LogP contribution in [-0.4, -0.2) is 104 Å². The number of benzene rings is 2. The summed E-state index contributed by atoms with van der Waals surface area (Å²) in [5.41, 5.74) is 8.56. The van der Waals surface area contributed by atoms with Crippen LogP contribution in [0.15, 0.2) is 78.4 Å². The molecule has 0 spiro atoms. The number of ether oxygens (including phenoxy) is 1. The van der Waals surface area contributed by atoms with E-state index < -0.39 is 6.61 Å². The maximum absolute atomic E-state index is 14.1. The van der Waals surface area contributed by atoms with Crippen LogP contribution in [0.5, 0.6) is 5.75 Å². The molecule has 356 valence electrons. The molecule has 1 unspecified atom stereocenters. The Balaban J connectivity index is 0.852. The normalized spacial score (nSPS) is 22.2. The highest BCUT2D eigenvalue weighted by Crippen LogP contribution is 2.41. The molecule has 2 fully saturated rings. The van der Waals surface area contributed by atoms with Crippen LogP contribution in [0.2, 0.25) is 0 Å². The molecule has 2 aromatic carbocycles. The molecule has 16 heteroatoms. The van der Waals surface area contributed by atoms with Crippen molar-refractivity contribution < 1.29 is 19.4 Å². The van der Waals surface area contributed by atoms with Gasteiger partial charge in [-0.15, -0.1) is 0 Å². The Morgan fingerprint density at radius 2 is 1.84 bits per heavy atom. The maximum atomic E-state index is 14.1. The first kappa shape index (κ1) is 45.1. The Kier molecular flexibility index (Phi) is 11.8. The molecule has 5 aromatic rings. The van der Waals surface area contributed by atoms with Crippen molar-refractivity contribution in [3.8, 4) is 17.0 Å². The van der Waals surface area contributed by atoms with Gasteiger partial charge in [-0.1, -0.05) is 20.4 Å². The summed E-state index contributed by atoms with van der Waals surface area (Å²) in [6, 6.07) is 17.2. The number of carbonyl (C=O) groups excluding carboxylic acids is 2. The van der Waals surface area contributed by atoms with E-state index in [-0.39, 0.29) is 34.6 Å². The zero-order valence-electron chi connectivity index (χ0n) is 40.0. The van der Waals surface area contributed by atoms with E-state index in [1.54, 1.807) is 30.4 Å². The van der Waals surface area contributed by atoms with Gasteiger partial charge >= 0.3 is 0 Å². The smallest absolute Gasteiger partial charge is 0.293 e. The Morgan fingerprint density at radius 3 is 2.62 bits per heavy atom.